The minimum atomic E-state index is -0.512. The van der Waals surface area contributed by atoms with Gasteiger partial charge >= 0.3 is 5.97 Å². The standard InChI is InChI=1S/C16H19N3O4/c1-5-23-16(21)14-9-13(18-19(14)3)15(20)17-12-7-6-11(22-4)8-10(12)2/h6-9H,5H2,1-4H3,(H,17,20). The number of hydrogen-bond donors (Lipinski definition) is 1. The van der Waals surface area contributed by atoms with Crippen LogP contribution in [0.1, 0.15) is 33.5 Å². The predicted octanol–water partition coefficient (Wildman–Crippen LogP) is 2.17. The van der Waals surface area contributed by atoms with Crippen molar-refractivity contribution in [1.82, 2.24) is 9.78 Å². The fraction of sp³-hybridized carbons (Fsp3) is 0.312. The van der Waals surface area contributed by atoms with E-state index < -0.39 is 11.9 Å². The number of ether oxygens (including phenoxy) is 2. The van der Waals surface area contributed by atoms with E-state index >= 15 is 0 Å². The monoisotopic (exact) mass is 317 g/mol. The largest absolute Gasteiger partial charge is 0.497 e. The summed E-state index contributed by atoms with van der Waals surface area (Å²) in [6.07, 6.45) is 0. The number of anilines is 1. The Balaban J connectivity index is 2.18. The van der Waals surface area contributed by atoms with Crippen LogP contribution in [-0.2, 0) is 11.8 Å². The Bertz CT molecular complexity index is 737. The van der Waals surface area contributed by atoms with Gasteiger partial charge in [0.05, 0.1) is 13.7 Å². The molecule has 0 saturated carbocycles. The molecule has 122 valence electrons. The Morgan fingerprint density at radius 3 is 2.65 bits per heavy atom. The summed E-state index contributed by atoms with van der Waals surface area (Å²) in [5, 5.41) is 6.82. The minimum Gasteiger partial charge on any atom is -0.497 e. The number of aromatic nitrogens is 2. The highest BCUT2D eigenvalue weighted by Crippen LogP contribution is 2.21. The van der Waals surface area contributed by atoms with Gasteiger partial charge in [-0.15, -0.1) is 0 Å². The Labute approximate surface area is 134 Å². The van der Waals surface area contributed by atoms with Crippen molar-refractivity contribution in [1.29, 1.82) is 0 Å². The van der Waals surface area contributed by atoms with Gasteiger partial charge in [0.2, 0.25) is 0 Å². The molecule has 1 aromatic heterocycles. The highest BCUT2D eigenvalue weighted by molar-refractivity contribution is 6.04. The maximum absolute atomic E-state index is 12.3. The number of nitrogens with one attached hydrogen (secondary N) is 1. The number of hydrogen-bond acceptors (Lipinski definition) is 5. The second-order valence-electron chi connectivity index (χ2n) is 4.89. The molecule has 1 amide bonds. The number of aryl methyl sites for hydroxylation is 2. The molecular weight excluding hydrogens is 298 g/mol. The van der Waals surface area contributed by atoms with Crippen LogP contribution in [-0.4, -0.2) is 35.4 Å². The molecule has 1 N–H and O–H groups in total. The van der Waals surface area contributed by atoms with Gasteiger partial charge in [-0.3, -0.25) is 9.48 Å². The van der Waals surface area contributed by atoms with E-state index in [1.54, 1.807) is 33.2 Å². The summed E-state index contributed by atoms with van der Waals surface area (Å²) in [6.45, 7) is 3.84. The van der Waals surface area contributed by atoms with Gasteiger partial charge in [0.25, 0.3) is 5.91 Å². The molecule has 2 aromatic rings. The average Bonchev–Trinajstić information content (AvgIpc) is 2.91. The lowest BCUT2D eigenvalue weighted by Gasteiger charge is -2.08. The lowest BCUT2D eigenvalue weighted by molar-refractivity contribution is 0.0513. The van der Waals surface area contributed by atoms with Crippen LogP contribution in [0.4, 0.5) is 5.69 Å². The van der Waals surface area contributed by atoms with Gasteiger partial charge in [-0.1, -0.05) is 0 Å². The molecule has 7 nitrogen and oxygen atoms in total. The predicted molar refractivity (Wildman–Crippen MR) is 84.8 cm³/mol. The first-order chi connectivity index (χ1) is 11.0. The summed E-state index contributed by atoms with van der Waals surface area (Å²) in [7, 11) is 3.17. The molecule has 0 fully saturated rings. The van der Waals surface area contributed by atoms with Crippen molar-refractivity contribution in [2.75, 3.05) is 19.0 Å². The van der Waals surface area contributed by atoms with Gasteiger partial charge in [-0.05, 0) is 37.6 Å². The molecule has 0 aliphatic carbocycles. The van der Waals surface area contributed by atoms with Crippen LogP contribution in [0.25, 0.3) is 0 Å². The third-order valence-corrected chi connectivity index (χ3v) is 3.28. The molecule has 0 saturated heterocycles. The van der Waals surface area contributed by atoms with Crippen LogP contribution in [0.2, 0.25) is 0 Å². The highest BCUT2D eigenvalue weighted by Gasteiger charge is 2.18. The Morgan fingerprint density at radius 1 is 1.30 bits per heavy atom. The van der Waals surface area contributed by atoms with E-state index in [9.17, 15) is 9.59 Å². The SMILES string of the molecule is CCOC(=O)c1cc(C(=O)Nc2ccc(OC)cc2C)nn1C. The third kappa shape index (κ3) is 3.68. The molecule has 0 spiro atoms. The van der Waals surface area contributed by atoms with Crippen molar-refractivity contribution in [3.05, 3.63) is 41.2 Å². The van der Waals surface area contributed by atoms with E-state index in [0.29, 0.717) is 11.4 Å². The second-order valence-corrected chi connectivity index (χ2v) is 4.89. The summed E-state index contributed by atoms with van der Waals surface area (Å²) in [6, 6.07) is 6.73. The third-order valence-electron chi connectivity index (χ3n) is 3.28. The van der Waals surface area contributed by atoms with E-state index in [0.717, 1.165) is 5.56 Å². The summed E-state index contributed by atoms with van der Waals surface area (Å²) >= 11 is 0. The van der Waals surface area contributed by atoms with Crippen LogP contribution in [0.15, 0.2) is 24.3 Å². The number of methoxy groups -OCH3 is 1. The van der Waals surface area contributed by atoms with Gasteiger partial charge < -0.3 is 14.8 Å². The quantitative estimate of drug-likeness (QED) is 0.855. The molecule has 7 heteroatoms. The molecule has 0 atom stereocenters. The van der Waals surface area contributed by atoms with Crippen molar-refractivity contribution >= 4 is 17.6 Å². The van der Waals surface area contributed by atoms with Crippen LogP contribution >= 0.6 is 0 Å². The molecule has 0 aliphatic heterocycles. The maximum atomic E-state index is 12.3. The van der Waals surface area contributed by atoms with E-state index in [1.807, 2.05) is 13.0 Å². The van der Waals surface area contributed by atoms with Crippen molar-refractivity contribution < 1.29 is 19.1 Å². The molecule has 0 unspecified atom stereocenters. The van der Waals surface area contributed by atoms with Gasteiger partial charge in [0, 0.05) is 18.8 Å². The Kier molecular flexibility index (Phi) is 5.00. The number of rotatable bonds is 5. The van der Waals surface area contributed by atoms with Crippen LogP contribution < -0.4 is 10.1 Å². The van der Waals surface area contributed by atoms with Gasteiger partial charge in [-0.25, -0.2) is 4.79 Å². The van der Waals surface area contributed by atoms with E-state index in [-0.39, 0.29) is 18.0 Å². The van der Waals surface area contributed by atoms with Gasteiger partial charge in [0.15, 0.2) is 5.69 Å². The lowest BCUT2D eigenvalue weighted by atomic mass is 10.2. The molecule has 0 aliphatic rings. The van der Waals surface area contributed by atoms with Crippen LogP contribution in [0, 0.1) is 6.92 Å². The molecule has 23 heavy (non-hydrogen) atoms. The fourth-order valence-corrected chi connectivity index (χ4v) is 2.06. The van der Waals surface area contributed by atoms with E-state index in [2.05, 4.69) is 10.4 Å². The summed E-state index contributed by atoms with van der Waals surface area (Å²) < 4.78 is 11.4. The number of carbonyl (C=O) groups is 2. The average molecular weight is 317 g/mol. The van der Waals surface area contributed by atoms with Crippen LogP contribution in [0.3, 0.4) is 0 Å². The van der Waals surface area contributed by atoms with Crippen molar-refractivity contribution in [3.8, 4) is 5.75 Å². The molecule has 2 rings (SSSR count). The first-order valence-corrected chi connectivity index (χ1v) is 7.13. The zero-order valence-corrected chi connectivity index (χ0v) is 13.5. The fourth-order valence-electron chi connectivity index (χ4n) is 2.06. The van der Waals surface area contributed by atoms with Gasteiger partial charge in [0.1, 0.15) is 11.4 Å². The van der Waals surface area contributed by atoms with Crippen LogP contribution in [0.5, 0.6) is 5.75 Å². The second kappa shape index (κ2) is 6.95. The Morgan fingerprint density at radius 2 is 2.04 bits per heavy atom. The zero-order valence-electron chi connectivity index (χ0n) is 13.5. The highest BCUT2D eigenvalue weighted by atomic mass is 16.5. The molecular formula is C16H19N3O4. The smallest absolute Gasteiger partial charge is 0.356 e. The summed E-state index contributed by atoms with van der Waals surface area (Å²) in [4.78, 5) is 24.1. The molecule has 1 aromatic carbocycles. The van der Waals surface area contributed by atoms with Crippen molar-refractivity contribution in [3.63, 3.8) is 0 Å². The van der Waals surface area contributed by atoms with E-state index in [1.165, 1.54) is 10.7 Å². The number of nitrogens with zero attached hydrogens (tertiary/aromatic N) is 2. The normalized spacial score (nSPS) is 10.3. The van der Waals surface area contributed by atoms with Gasteiger partial charge in [-0.2, -0.15) is 5.10 Å². The molecule has 0 bridgehead atoms. The topological polar surface area (TPSA) is 82.5 Å². The summed E-state index contributed by atoms with van der Waals surface area (Å²) in [5.74, 6) is -0.200. The first kappa shape index (κ1) is 16.5. The van der Waals surface area contributed by atoms with Crippen molar-refractivity contribution in [2.45, 2.75) is 13.8 Å². The molecule has 1 heterocycles. The number of esters is 1. The zero-order chi connectivity index (χ0) is 17.0. The molecule has 0 radical (unpaired) electrons. The first-order valence-electron chi connectivity index (χ1n) is 7.13. The number of carbonyl (C=O) groups excluding carboxylic acids is 2. The number of amides is 1. The maximum Gasteiger partial charge on any atom is 0.356 e. The lowest BCUT2D eigenvalue weighted by Crippen LogP contribution is -2.13. The number of benzene rings is 1. The Hall–Kier alpha value is -2.83. The van der Waals surface area contributed by atoms with E-state index in [4.69, 9.17) is 9.47 Å². The minimum absolute atomic E-state index is 0.144. The summed E-state index contributed by atoms with van der Waals surface area (Å²) in [5.41, 5.74) is 1.88. The van der Waals surface area contributed by atoms with Crippen molar-refractivity contribution in [2.24, 2.45) is 7.05 Å².